The first-order chi connectivity index (χ1) is 15.8. The van der Waals surface area contributed by atoms with E-state index in [1.54, 1.807) is 23.5 Å². The third kappa shape index (κ3) is 6.65. The molecule has 4 heteroatoms. The maximum absolute atomic E-state index is 6.31. The predicted octanol–water partition coefficient (Wildman–Crippen LogP) is 9.10. The molecular weight excluding hydrogens is 432 g/mol. The normalized spacial score (nSPS) is 10.8. The molecule has 3 aromatic carbocycles. The summed E-state index contributed by atoms with van der Waals surface area (Å²) < 4.78 is 12.2. The molecule has 1 aromatic heterocycles. The number of rotatable bonds is 10. The molecule has 0 bridgehead atoms. The Kier molecular flexibility index (Phi) is 8.29. The van der Waals surface area contributed by atoms with E-state index < -0.39 is 0 Å². The van der Waals surface area contributed by atoms with E-state index >= 15 is 0 Å². The third-order valence-electron chi connectivity index (χ3n) is 4.84. The second-order valence-electron chi connectivity index (χ2n) is 7.39. The summed E-state index contributed by atoms with van der Waals surface area (Å²) in [6, 6.07) is 33.2. The number of ether oxygens (including phenoxy) is 1. The minimum absolute atomic E-state index is 0.763. The fraction of sp³-hybridized carbons (Fsp3) is 0.179. The zero-order valence-corrected chi connectivity index (χ0v) is 19.8. The Morgan fingerprint density at radius 3 is 2.00 bits per heavy atom. The summed E-state index contributed by atoms with van der Waals surface area (Å²) in [5.41, 5.74) is 1.04. The van der Waals surface area contributed by atoms with Crippen LogP contribution in [0.2, 0.25) is 0 Å². The van der Waals surface area contributed by atoms with Crippen molar-refractivity contribution in [3.8, 4) is 17.1 Å². The van der Waals surface area contributed by atoms with E-state index in [0.717, 1.165) is 45.0 Å². The Labute approximate surface area is 199 Å². The van der Waals surface area contributed by atoms with Gasteiger partial charge in [0.05, 0.1) is 24.3 Å². The molecule has 0 atom stereocenters. The van der Waals surface area contributed by atoms with Crippen molar-refractivity contribution in [3.05, 3.63) is 97.1 Å². The minimum atomic E-state index is 0.763. The minimum Gasteiger partial charge on any atom is -0.494 e. The molecule has 0 saturated heterocycles. The summed E-state index contributed by atoms with van der Waals surface area (Å²) in [7, 11) is 0. The van der Waals surface area contributed by atoms with Crippen LogP contribution in [0.15, 0.2) is 121 Å². The van der Waals surface area contributed by atoms with Crippen LogP contribution in [0.3, 0.4) is 0 Å². The van der Waals surface area contributed by atoms with Crippen molar-refractivity contribution < 1.29 is 9.15 Å². The molecular formula is C28H27O2S2+. The van der Waals surface area contributed by atoms with Gasteiger partial charge in [0, 0.05) is 26.4 Å². The standard InChI is InChI=1S/C28H27O2S2/c1-2-3-10-19-29-23-17-15-22(16-18-23)27-20-26(31-24-11-6-4-7-12-24)21-28(30-27)32-25-13-8-5-9-14-25/h4-9,11-18,20-21H,2-3,10,19H2,1H3/q+1. The SMILES string of the molecule is CCCCCOc1ccc(-c2cc(Sc3ccccc3)cc(Sc3ccccc3)[o+]2)cc1. The average molecular weight is 460 g/mol. The Morgan fingerprint density at radius 2 is 1.34 bits per heavy atom. The highest BCUT2D eigenvalue weighted by molar-refractivity contribution is 8.00. The molecule has 162 valence electrons. The molecule has 0 aliphatic carbocycles. The summed E-state index contributed by atoms with van der Waals surface area (Å²) >= 11 is 3.38. The average Bonchev–Trinajstić information content (AvgIpc) is 2.83. The van der Waals surface area contributed by atoms with Crippen molar-refractivity contribution in [2.45, 2.75) is 46.0 Å². The topological polar surface area (TPSA) is 20.5 Å². The highest BCUT2D eigenvalue weighted by Crippen LogP contribution is 2.37. The quantitative estimate of drug-likeness (QED) is 0.174. The molecule has 0 N–H and O–H groups in total. The molecule has 0 spiro atoms. The van der Waals surface area contributed by atoms with Crippen molar-refractivity contribution in [1.82, 2.24) is 0 Å². The summed E-state index contributed by atoms with van der Waals surface area (Å²) in [6.07, 6.45) is 3.49. The first-order valence-electron chi connectivity index (χ1n) is 11.0. The maximum Gasteiger partial charge on any atom is 0.393 e. The highest BCUT2D eigenvalue weighted by atomic mass is 32.2. The molecule has 0 saturated carbocycles. The lowest BCUT2D eigenvalue weighted by Crippen LogP contribution is -1.96. The van der Waals surface area contributed by atoms with E-state index in [4.69, 9.17) is 9.15 Å². The van der Waals surface area contributed by atoms with Crippen LogP contribution >= 0.6 is 23.5 Å². The van der Waals surface area contributed by atoms with Crippen LogP contribution in [-0.4, -0.2) is 6.61 Å². The molecule has 0 aliphatic rings. The second-order valence-corrected chi connectivity index (χ2v) is 9.61. The van der Waals surface area contributed by atoms with Crippen molar-refractivity contribution in [2.24, 2.45) is 0 Å². The molecule has 1 heterocycles. The van der Waals surface area contributed by atoms with Crippen LogP contribution in [0.4, 0.5) is 0 Å². The Balaban J connectivity index is 1.58. The number of benzene rings is 3. The van der Waals surface area contributed by atoms with Crippen molar-refractivity contribution in [3.63, 3.8) is 0 Å². The van der Waals surface area contributed by atoms with Gasteiger partial charge in [-0.1, -0.05) is 67.9 Å². The molecule has 4 rings (SSSR count). The van der Waals surface area contributed by atoms with Crippen molar-refractivity contribution >= 4 is 23.5 Å². The van der Waals surface area contributed by atoms with E-state index in [-0.39, 0.29) is 0 Å². The van der Waals surface area contributed by atoms with Gasteiger partial charge in [-0.25, -0.2) is 0 Å². The Bertz CT molecular complexity index is 1040. The van der Waals surface area contributed by atoms with Gasteiger partial charge in [0.15, 0.2) is 0 Å². The first-order valence-corrected chi connectivity index (χ1v) is 12.6. The summed E-state index contributed by atoms with van der Waals surface area (Å²) in [5.74, 6) is 1.75. The largest absolute Gasteiger partial charge is 0.494 e. The second kappa shape index (κ2) is 11.8. The Hall–Kier alpha value is -2.69. The van der Waals surface area contributed by atoms with Crippen LogP contribution in [0.5, 0.6) is 5.75 Å². The number of hydrogen-bond acceptors (Lipinski definition) is 3. The number of unbranched alkanes of at least 4 members (excludes halogenated alkanes) is 2. The van der Waals surface area contributed by atoms with Gasteiger partial charge in [-0.05, 0) is 55.0 Å². The highest BCUT2D eigenvalue weighted by Gasteiger charge is 2.20. The van der Waals surface area contributed by atoms with E-state index in [1.165, 1.54) is 17.7 Å². The molecule has 2 nitrogen and oxygen atoms in total. The molecule has 0 aliphatic heterocycles. The van der Waals surface area contributed by atoms with Crippen LogP contribution in [0.25, 0.3) is 11.3 Å². The first kappa shape index (κ1) is 22.5. The van der Waals surface area contributed by atoms with E-state index in [1.807, 2.05) is 36.4 Å². The zero-order valence-electron chi connectivity index (χ0n) is 18.2. The molecule has 0 radical (unpaired) electrons. The molecule has 0 fully saturated rings. The smallest absolute Gasteiger partial charge is 0.393 e. The lowest BCUT2D eigenvalue weighted by atomic mass is 10.1. The van der Waals surface area contributed by atoms with Gasteiger partial charge >= 0.3 is 10.9 Å². The molecule has 4 aromatic rings. The molecule has 0 amide bonds. The summed E-state index contributed by atoms with van der Waals surface area (Å²) in [5, 5.41) is 0.868. The maximum atomic E-state index is 6.31. The van der Waals surface area contributed by atoms with E-state index in [0.29, 0.717) is 0 Å². The predicted molar refractivity (Wildman–Crippen MR) is 135 cm³/mol. The van der Waals surface area contributed by atoms with Gasteiger partial charge in [-0.2, -0.15) is 4.42 Å². The fourth-order valence-electron chi connectivity index (χ4n) is 3.19. The van der Waals surface area contributed by atoms with Gasteiger partial charge < -0.3 is 4.74 Å². The third-order valence-corrected chi connectivity index (χ3v) is 6.73. The lowest BCUT2D eigenvalue weighted by molar-refractivity contribution is 0.306. The van der Waals surface area contributed by atoms with Gasteiger partial charge in [0.1, 0.15) is 5.75 Å². The van der Waals surface area contributed by atoms with Gasteiger partial charge in [-0.15, -0.1) is 0 Å². The fourth-order valence-corrected chi connectivity index (χ4v) is 5.01. The van der Waals surface area contributed by atoms with Gasteiger partial charge in [-0.3, -0.25) is 0 Å². The van der Waals surface area contributed by atoms with Crippen LogP contribution in [0.1, 0.15) is 26.2 Å². The van der Waals surface area contributed by atoms with Crippen LogP contribution in [0, 0.1) is 0 Å². The lowest BCUT2D eigenvalue weighted by Gasteiger charge is -2.06. The van der Waals surface area contributed by atoms with Crippen molar-refractivity contribution in [1.29, 1.82) is 0 Å². The summed E-state index contributed by atoms with van der Waals surface area (Å²) in [4.78, 5) is 3.51. The molecule has 0 unspecified atom stereocenters. The van der Waals surface area contributed by atoms with Crippen LogP contribution in [-0.2, 0) is 0 Å². The number of hydrogen-bond donors (Lipinski definition) is 0. The van der Waals surface area contributed by atoms with Crippen molar-refractivity contribution in [2.75, 3.05) is 6.61 Å². The van der Waals surface area contributed by atoms with E-state index in [9.17, 15) is 0 Å². The Morgan fingerprint density at radius 1 is 0.688 bits per heavy atom. The van der Waals surface area contributed by atoms with Crippen LogP contribution < -0.4 is 4.74 Å². The van der Waals surface area contributed by atoms with Gasteiger partial charge in [0.25, 0.3) is 0 Å². The monoisotopic (exact) mass is 459 g/mol. The summed E-state index contributed by atoms with van der Waals surface area (Å²) in [6.45, 7) is 2.96. The van der Waals surface area contributed by atoms with E-state index in [2.05, 4.69) is 67.6 Å². The zero-order chi connectivity index (χ0) is 22.0. The van der Waals surface area contributed by atoms with Gasteiger partial charge in [0.2, 0.25) is 0 Å². The molecule has 32 heavy (non-hydrogen) atoms.